The highest BCUT2D eigenvalue weighted by molar-refractivity contribution is 6.30. The first kappa shape index (κ1) is 19.5. The minimum Gasteiger partial charge on any atom is -0.352 e. The third-order valence-corrected chi connectivity index (χ3v) is 7.20. The molecule has 3 nitrogen and oxygen atoms in total. The quantitative estimate of drug-likeness (QED) is 0.562. The van der Waals surface area contributed by atoms with Gasteiger partial charge < -0.3 is 5.32 Å². The van der Waals surface area contributed by atoms with Gasteiger partial charge in [-0.15, -0.1) is 0 Å². The Morgan fingerprint density at radius 1 is 1.03 bits per heavy atom. The maximum atomic E-state index is 13.8. The summed E-state index contributed by atoms with van der Waals surface area (Å²) in [5.74, 6) is 2.13. The molecule has 5 heteroatoms. The zero-order valence-electron chi connectivity index (χ0n) is 16.7. The normalized spacial score (nSPS) is 25.4. The van der Waals surface area contributed by atoms with Crippen molar-refractivity contribution in [2.45, 2.75) is 31.6 Å². The van der Waals surface area contributed by atoms with Gasteiger partial charge in [0, 0.05) is 28.7 Å². The van der Waals surface area contributed by atoms with Crippen LogP contribution >= 0.6 is 11.6 Å². The van der Waals surface area contributed by atoms with E-state index in [9.17, 15) is 9.18 Å². The Labute approximate surface area is 180 Å². The molecule has 3 aromatic rings. The van der Waals surface area contributed by atoms with E-state index in [4.69, 9.17) is 11.6 Å². The van der Waals surface area contributed by atoms with Crippen molar-refractivity contribution in [3.8, 4) is 0 Å². The van der Waals surface area contributed by atoms with Gasteiger partial charge in [0.15, 0.2) is 0 Å². The predicted molar refractivity (Wildman–Crippen MR) is 117 cm³/mol. The first-order valence-electron chi connectivity index (χ1n) is 10.6. The Kier molecular flexibility index (Phi) is 5.20. The van der Waals surface area contributed by atoms with E-state index in [2.05, 4.69) is 16.4 Å². The molecule has 2 saturated carbocycles. The molecule has 30 heavy (non-hydrogen) atoms. The van der Waals surface area contributed by atoms with Crippen molar-refractivity contribution >= 4 is 28.4 Å². The number of hydrogen-bond donors (Lipinski definition) is 1. The van der Waals surface area contributed by atoms with E-state index in [-0.39, 0.29) is 11.7 Å². The molecular weight excluding hydrogens is 399 g/mol. The van der Waals surface area contributed by atoms with Crippen molar-refractivity contribution in [3.63, 3.8) is 0 Å². The number of aromatic nitrogens is 1. The minimum atomic E-state index is -0.202. The third-order valence-electron chi connectivity index (χ3n) is 6.95. The van der Waals surface area contributed by atoms with E-state index in [0.717, 1.165) is 43.1 Å². The van der Waals surface area contributed by atoms with Crippen LogP contribution in [-0.2, 0) is 0 Å². The maximum Gasteiger partial charge on any atom is 0.251 e. The molecule has 5 rings (SSSR count). The van der Waals surface area contributed by atoms with Gasteiger partial charge in [-0.05, 0) is 103 Å². The fourth-order valence-corrected chi connectivity index (χ4v) is 5.72. The van der Waals surface area contributed by atoms with E-state index >= 15 is 0 Å². The lowest BCUT2D eigenvalue weighted by molar-refractivity contribution is 0.0946. The van der Waals surface area contributed by atoms with Crippen molar-refractivity contribution < 1.29 is 9.18 Å². The predicted octanol–water partition coefficient (Wildman–Crippen LogP) is 5.98. The summed E-state index contributed by atoms with van der Waals surface area (Å²) in [7, 11) is 0. The third kappa shape index (κ3) is 3.81. The van der Waals surface area contributed by atoms with Crippen molar-refractivity contribution in [2.24, 2.45) is 17.8 Å². The Hall–Kier alpha value is -2.46. The fraction of sp³-hybridized carbons (Fsp3) is 0.360. The lowest BCUT2D eigenvalue weighted by Crippen LogP contribution is -2.28. The number of fused-ring (bicyclic) bond motifs is 2. The molecular formula is C25H24ClFN2O. The van der Waals surface area contributed by atoms with Gasteiger partial charge in [-0.2, -0.15) is 0 Å². The number of amides is 1. The highest BCUT2D eigenvalue weighted by Crippen LogP contribution is 2.53. The number of rotatable bonds is 4. The Morgan fingerprint density at radius 2 is 1.77 bits per heavy atom. The van der Waals surface area contributed by atoms with Crippen LogP contribution in [0.4, 0.5) is 4.39 Å². The van der Waals surface area contributed by atoms with Crippen molar-refractivity contribution in [2.75, 3.05) is 6.54 Å². The highest BCUT2D eigenvalue weighted by atomic mass is 35.5. The molecule has 2 aliphatic carbocycles. The highest BCUT2D eigenvalue weighted by Gasteiger charge is 2.42. The van der Waals surface area contributed by atoms with E-state index in [1.807, 2.05) is 6.20 Å². The second-order valence-corrected chi connectivity index (χ2v) is 9.24. The molecule has 0 spiro atoms. The maximum absolute atomic E-state index is 13.8. The monoisotopic (exact) mass is 422 g/mol. The molecule has 2 aromatic carbocycles. The van der Waals surface area contributed by atoms with E-state index in [0.29, 0.717) is 34.3 Å². The molecule has 1 heterocycles. The second-order valence-electron chi connectivity index (χ2n) is 8.80. The van der Waals surface area contributed by atoms with Crippen LogP contribution in [0, 0.1) is 23.6 Å². The number of halogens is 2. The zero-order chi connectivity index (χ0) is 20.7. The second kappa shape index (κ2) is 7.99. The molecule has 154 valence electrons. The van der Waals surface area contributed by atoms with E-state index in [1.54, 1.807) is 36.4 Å². The Bertz CT molecular complexity index is 1070. The molecule has 0 unspecified atom stereocenters. The number of hydrogen-bond acceptors (Lipinski definition) is 2. The first-order chi connectivity index (χ1) is 14.6. The van der Waals surface area contributed by atoms with Gasteiger partial charge in [0.1, 0.15) is 5.82 Å². The summed E-state index contributed by atoms with van der Waals surface area (Å²) in [5, 5.41) is 4.68. The van der Waals surface area contributed by atoms with Gasteiger partial charge in [0.2, 0.25) is 0 Å². The molecule has 2 aliphatic rings. The summed E-state index contributed by atoms with van der Waals surface area (Å²) >= 11 is 5.89. The summed E-state index contributed by atoms with van der Waals surface area (Å²) in [5.41, 5.74) is 2.75. The number of nitrogens with one attached hydrogen (secondary N) is 1. The zero-order valence-corrected chi connectivity index (χ0v) is 17.4. The first-order valence-corrected chi connectivity index (χ1v) is 11.0. The molecule has 0 bridgehead atoms. The van der Waals surface area contributed by atoms with E-state index in [1.165, 1.54) is 11.6 Å². The smallest absolute Gasteiger partial charge is 0.251 e. The van der Waals surface area contributed by atoms with Gasteiger partial charge in [0.25, 0.3) is 5.91 Å². The summed E-state index contributed by atoms with van der Waals surface area (Å²) in [6.45, 7) is 0.725. The number of carbonyl (C=O) groups excluding carboxylic acids is 1. The van der Waals surface area contributed by atoms with Crippen molar-refractivity contribution in [3.05, 3.63) is 76.7 Å². The summed E-state index contributed by atoms with van der Waals surface area (Å²) in [4.78, 5) is 16.8. The summed E-state index contributed by atoms with van der Waals surface area (Å²) in [6, 6.07) is 13.9. The molecule has 0 saturated heterocycles. The van der Waals surface area contributed by atoms with E-state index < -0.39 is 0 Å². The average Bonchev–Trinajstić information content (AvgIpc) is 3.31. The van der Waals surface area contributed by atoms with Gasteiger partial charge >= 0.3 is 0 Å². The van der Waals surface area contributed by atoms with Crippen LogP contribution in [0.5, 0.6) is 0 Å². The van der Waals surface area contributed by atoms with Crippen molar-refractivity contribution in [1.82, 2.24) is 10.3 Å². The number of pyridine rings is 1. The topological polar surface area (TPSA) is 42.0 Å². The Morgan fingerprint density at radius 3 is 2.50 bits per heavy atom. The number of benzene rings is 2. The van der Waals surface area contributed by atoms with Crippen LogP contribution in [0.25, 0.3) is 10.9 Å². The molecule has 0 aliphatic heterocycles. The van der Waals surface area contributed by atoms with Gasteiger partial charge in [0.05, 0.1) is 5.52 Å². The average molecular weight is 423 g/mol. The number of carbonyl (C=O) groups is 1. The molecule has 2 fully saturated rings. The van der Waals surface area contributed by atoms with Crippen LogP contribution in [0.2, 0.25) is 5.02 Å². The van der Waals surface area contributed by atoms with Crippen LogP contribution in [-0.4, -0.2) is 17.4 Å². The van der Waals surface area contributed by atoms with Gasteiger partial charge in [-0.25, -0.2) is 4.39 Å². The molecule has 0 radical (unpaired) electrons. The molecule has 1 amide bonds. The van der Waals surface area contributed by atoms with Crippen LogP contribution in [0.1, 0.15) is 47.5 Å². The Balaban J connectivity index is 1.20. The van der Waals surface area contributed by atoms with Gasteiger partial charge in [-0.3, -0.25) is 9.78 Å². The van der Waals surface area contributed by atoms with Crippen LogP contribution in [0.3, 0.4) is 0 Å². The molecule has 4 atom stereocenters. The van der Waals surface area contributed by atoms with Gasteiger partial charge in [-0.1, -0.05) is 11.6 Å². The fourth-order valence-electron chi connectivity index (χ4n) is 5.60. The SMILES string of the molecule is O=C(NC[C@@H]1C[C@@H]2C[C@H](c3ccnc4ccc(F)cc34)C[C@@H]2C1)c1ccc(Cl)cc1. The summed E-state index contributed by atoms with van der Waals surface area (Å²) in [6.07, 6.45) is 6.43. The standard InChI is InChI=1S/C25H24ClFN2O/c26-20-3-1-16(2-4-20)25(30)29-14-15-9-17-11-19(12-18(17)10-15)22-7-8-28-24-6-5-21(27)13-23(22)24/h1-8,13,15,17-19H,9-12,14H2,(H,29,30)/t15-,17-,18+,19+. The lowest BCUT2D eigenvalue weighted by Gasteiger charge is -2.17. The van der Waals surface area contributed by atoms with Crippen molar-refractivity contribution in [1.29, 1.82) is 0 Å². The van der Waals surface area contributed by atoms with Crippen LogP contribution < -0.4 is 5.32 Å². The molecule has 1 aromatic heterocycles. The molecule has 1 N–H and O–H groups in total. The lowest BCUT2D eigenvalue weighted by atomic mass is 9.90. The number of nitrogens with zero attached hydrogens (tertiary/aromatic N) is 1. The van der Waals surface area contributed by atoms with Crippen LogP contribution in [0.15, 0.2) is 54.7 Å². The largest absolute Gasteiger partial charge is 0.352 e. The minimum absolute atomic E-state index is 0.0353. The summed E-state index contributed by atoms with van der Waals surface area (Å²) < 4.78 is 13.8.